The first-order valence-electron chi connectivity index (χ1n) is 9.30. The number of amides is 2. The van der Waals surface area contributed by atoms with E-state index in [1.807, 2.05) is 29.2 Å². The highest BCUT2D eigenvalue weighted by Gasteiger charge is 2.43. The minimum atomic E-state index is -0.926. The quantitative estimate of drug-likeness (QED) is 0.858. The molecule has 0 unspecified atom stereocenters. The van der Waals surface area contributed by atoms with Crippen LogP contribution in [0, 0.1) is 11.8 Å². The second-order valence-electron chi connectivity index (χ2n) is 7.60. The number of aliphatic hydroxyl groups is 1. The highest BCUT2D eigenvalue weighted by molar-refractivity contribution is 5.94. The van der Waals surface area contributed by atoms with E-state index in [9.17, 15) is 14.7 Å². The van der Waals surface area contributed by atoms with E-state index in [4.69, 9.17) is 0 Å². The number of nitrogens with one attached hydrogen (secondary N) is 1. The van der Waals surface area contributed by atoms with Gasteiger partial charge in [0, 0.05) is 31.1 Å². The fraction of sp³-hybridized carbons (Fsp3) is 0.600. The molecule has 2 aliphatic rings. The van der Waals surface area contributed by atoms with E-state index in [1.54, 1.807) is 0 Å². The molecule has 5 heteroatoms. The van der Waals surface area contributed by atoms with Crippen LogP contribution in [0.2, 0.25) is 0 Å². The summed E-state index contributed by atoms with van der Waals surface area (Å²) in [6.07, 6.45) is 2.95. The molecule has 0 bridgehead atoms. The van der Waals surface area contributed by atoms with Gasteiger partial charge in [-0.3, -0.25) is 9.59 Å². The third-order valence-corrected chi connectivity index (χ3v) is 5.63. The van der Waals surface area contributed by atoms with Crippen LogP contribution in [0.25, 0.3) is 0 Å². The third-order valence-electron chi connectivity index (χ3n) is 5.63. The van der Waals surface area contributed by atoms with Crippen LogP contribution in [0.15, 0.2) is 24.3 Å². The zero-order valence-electron chi connectivity index (χ0n) is 15.1. The van der Waals surface area contributed by atoms with Gasteiger partial charge in [0.2, 0.25) is 5.91 Å². The van der Waals surface area contributed by atoms with Gasteiger partial charge in [-0.05, 0) is 49.3 Å². The largest absolute Gasteiger partial charge is 0.388 e. The molecule has 1 heterocycles. The molecule has 1 saturated heterocycles. The summed E-state index contributed by atoms with van der Waals surface area (Å²) in [7, 11) is 0. The van der Waals surface area contributed by atoms with Gasteiger partial charge in [-0.1, -0.05) is 26.0 Å². The lowest BCUT2D eigenvalue weighted by atomic mass is 9.91. The van der Waals surface area contributed by atoms with Gasteiger partial charge in [-0.2, -0.15) is 0 Å². The SMILES string of the molecule is CCc1ccc(C(=O)NCC2(O)CCN(C(=O)[C@@H]3C[C@H]3C)CC2)cc1. The Morgan fingerprint density at radius 1 is 1.24 bits per heavy atom. The average Bonchev–Trinajstić information content (AvgIpc) is 3.36. The van der Waals surface area contributed by atoms with Crippen molar-refractivity contribution in [3.05, 3.63) is 35.4 Å². The van der Waals surface area contributed by atoms with E-state index in [0.29, 0.717) is 37.4 Å². The van der Waals surface area contributed by atoms with E-state index in [1.165, 1.54) is 5.56 Å². The smallest absolute Gasteiger partial charge is 0.251 e. The maximum absolute atomic E-state index is 12.3. The summed E-state index contributed by atoms with van der Waals surface area (Å²) in [5.74, 6) is 0.764. The zero-order chi connectivity index (χ0) is 18.0. The van der Waals surface area contributed by atoms with Crippen molar-refractivity contribution in [1.82, 2.24) is 10.2 Å². The van der Waals surface area contributed by atoms with Crippen molar-refractivity contribution in [2.45, 2.75) is 45.1 Å². The van der Waals surface area contributed by atoms with Crippen molar-refractivity contribution in [3.8, 4) is 0 Å². The van der Waals surface area contributed by atoms with Crippen LogP contribution in [0.3, 0.4) is 0 Å². The number of hydrogen-bond acceptors (Lipinski definition) is 3. The van der Waals surface area contributed by atoms with Crippen LogP contribution in [-0.4, -0.2) is 47.1 Å². The van der Waals surface area contributed by atoms with Crippen LogP contribution in [0.1, 0.15) is 49.0 Å². The average molecular weight is 344 g/mol. The molecule has 1 saturated carbocycles. The number of benzene rings is 1. The zero-order valence-corrected chi connectivity index (χ0v) is 15.1. The van der Waals surface area contributed by atoms with E-state index in [-0.39, 0.29) is 24.3 Å². The van der Waals surface area contributed by atoms with Gasteiger partial charge in [-0.25, -0.2) is 0 Å². The summed E-state index contributed by atoms with van der Waals surface area (Å²) in [4.78, 5) is 26.4. The van der Waals surface area contributed by atoms with Gasteiger partial charge in [0.05, 0.1) is 5.60 Å². The molecule has 2 atom stereocenters. The molecular formula is C20H28N2O3. The molecule has 0 spiro atoms. The molecule has 136 valence electrons. The maximum Gasteiger partial charge on any atom is 0.251 e. The van der Waals surface area contributed by atoms with Crippen LogP contribution in [0.5, 0.6) is 0 Å². The molecule has 1 aromatic rings. The van der Waals surface area contributed by atoms with Gasteiger partial charge in [0.15, 0.2) is 0 Å². The first-order valence-corrected chi connectivity index (χ1v) is 9.30. The van der Waals surface area contributed by atoms with Crippen LogP contribution in [0.4, 0.5) is 0 Å². The van der Waals surface area contributed by atoms with Crippen molar-refractivity contribution >= 4 is 11.8 Å². The van der Waals surface area contributed by atoms with Gasteiger partial charge in [0.1, 0.15) is 0 Å². The molecule has 1 aliphatic heterocycles. The second-order valence-corrected chi connectivity index (χ2v) is 7.60. The highest BCUT2D eigenvalue weighted by Crippen LogP contribution is 2.40. The van der Waals surface area contributed by atoms with Crippen molar-refractivity contribution in [2.24, 2.45) is 11.8 Å². The van der Waals surface area contributed by atoms with E-state index in [2.05, 4.69) is 19.2 Å². The molecule has 2 N–H and O–H groups in total. The summed E-state index contributed by atoms with van der Waals surface area (Å²) in [5, 5.41) is 13.5. The standard InChI is InChI=1S/C20H28N2O3/c1-3-15-4-6-16(7-5-15)18(23)21-13-20(25)8-10-22(11-9-20)19(24)17-12-14(17)2/h4-7,14,17,25H,3,8-13H2,1-2H3,(H,21,23)/t14-,17-/m1/s1. The Bertz CT molecular complexity index is 633. The number of likely N-dealkylation sites (tertiary alicyclic amines) is 1. The Labute approximate surface area is 149 Å². The van der Waals surface area contributed by atoms with E-state index >= 15 is 0 Å². The van der Waals surface area contributed by atoms with Gasteiger partial charge in [0.25, 0.3) is 5.91 Å². The number of aryl methyl sites for hydroxylation is 1. The van der Waals surface area contributed by atoms with Crippen molar-refractivity contribution in [1.29, 1.82) is 0 Å². The molecule has 1 aromatic carbocycles. The lowest BCUT2D eigenvalue weighted by Gasteiger charge is -2.38. The Hall–Kier alpha value is -1.88. The summed E-state index contributed by atoms with van der Waals surface area (Å²) >= 11 is 0. The summed E-state index contributed by atoms with van der Waals surface area (Å²) in [6.45, 7) is 5.54. The lowest BCUT2D eigenvalue weighted by molar-refractivity contribution is -0.137. The molecule has 2 amide bonds. The van der Waals surface area contributed by atoms with E-state index in [0.717, 1.165) is 12.8 Å². The van der Waals surface area contributed by atoms with Crippen molar-refractivity contribution < 1.29 is 14.7 Å². The van der Waals surface area contributed by atoms with Gasteiger partial charge >= 0.3 is 0 Å². The summed E-state index contributed by atoms with van der Waals surface area (Å²) in [5.41, 5.74) is 0.874. The highest BCUT2D eigenvalue weighted by atomic mass is 16.3. The fourth-order valence-corrected chi connectivity index (χ4v) is 3.46. The number of piperidine rings is 1. The van der Waals surface area contributed by atoms with Crippen LogP contribution >= 0.6 is 0 Å². The minimum absolute atomic E-state index is 0.165. The molecule has 0 aromatic heterocycles. The monoisotopic (exact) mass is 344 g/mol. The van der Waals surface area contributed by atoms with Crippen molar-refractivity contribution in [3.63, 3.8) is 0 Å². The number of rotatable bonds is 5. The Kier molecular flexibility index (Phi) is 5.13. The normalized spacial score (nSPS) is 24.7. The summed E-state index contributed by atoms with van der Waals surface area (Å²) in [6, 6.07) is 7.53. The second kappa shape index (κ2) is 7.16. The minimum Gasteiger partial charge on any atom is -0.388 e. The third kappa shape index (κ3) is 4.21. The maximum atomic E-state index is 12.3. The predicted molar refractivity (Wildman–Crippen MR) is 96.2 cm³/mol. The first-order chi connectivity index (χ1) is 11.9. The molecule has 2 fully saturated rings. The molecule has 5 nitrogen and oxygen atoms in total. The number of carbonyl (C=O) groups is 2. The molecule has 1 aliphatic carbocycles. The Balaban J connectivity index is 1.47. The number of hydrogen-bond donors (Lipinski definition) is 2. The number of carbonyl (C=O) groups excluding carboxylic acids is 2. The topological polar surface area (TPSA) is 69.6 Å². The molecule has 25 heavy (non-hydrogen) atoms. The first kappa shape index (κ1) is 17.9. The van der Waals surface area contributed by atoms with Crippen LogP contribution in [-0.2, 0) is 11.2 Å². The van der Waals surface area contributed by atoms with Gasteiger partial charge < -0.3 is 15.3 Å². The Morgan fingerprint density at radius 2 is 1.84 bits per heavy atom. The van der Waals surface area contributed by atoms with E-state index < -0.39 is 5.60 Å². The summed E-state index contributed by atoms with van der Waals surface area (Å²) < 4.78 is 0. The molecular weight excluding hydrogens is 316 g/mol. The fourth-order valence-electron chi connectivity index (χ4n) is 3.46. The number of nitrogens with zero attached hydrogens (tertiary/aromatic N) is 1. The van der Waals surface area contributed by atoms with Crippen LogP contribution < -0.4 is 5.32 Å². The molecule has 3 rings (SSSR count). The van der Waals surface area contributed by atoms with Gasteiger partial charge in [-0.15, -0.1) is 0 Å². The molecule has 0 radical (unpaired) electrons. The Morgan fingerprint density at radius 3 is 2.36 bits per heavy atom. The van der Waals surface area contributed by atoms with Crippen molar-refractivity contribution in [2.75, 3.05) is 19.6 Å². The predicted octanol–water partition coefficient (Wildman–Crippen LogP) is 1.99. The lowest BCUT2D eigenvalue weighted by Crippen LogP contribution is -2.52.